The lowest BCUT2D eigenvalue weighted by molar-refractivity contribution is -0.332. The zero-order valence-electron chi connectivity index (χ0n) is 39.5. The number of unbranched alkanes of at least 4 members (excludes halogenated alkanes) is 19. The average molecular weight is 915 g/mol. The highest BCUT2D eigenvalue weighted by molar-refractivity contribution is 5.69. The standard InChI is InChI=1S/C50H90O14/c1-3-5-7-9-11-13-15-16-17-18-19-20-21-22-24-26-28-30-32-34-59-36-39(62-42(52)33-31-29-27-25-23-14-12-10-8-6-4-2)37-60-49-48(58)46(56)44(54)41(64-49)38-61-50-47(57)45(55)43(53)40(35-51)63-50/h10,12-13,15,17-18,39-41,43-51,53-58H,3-9,11,14,16,19-38H2,1-2H3/b12-10-,15-13-,18-17-. The number of esters is 1. The third kappa shape index (κ3) is 25.9. The van der Waals surface area contributed by atoms with Gasteiger partial charge in [0.1, 0.15) is 54.9 Å². The monoisotopic (exact) mass is 915 g/mol. The Kier molecular flexibility index (Phi) is 34.8. The topological polar surface area (TPSA) is 214 Å². The highest BCUT2D eigenvalue weighted by Crippen LogP contribution is 2.26. The summed E-state index contributed by atoms with van der Waals surface area (Å²) in [7, 11) is 0. The molecular weight excluding hydrogens is 825 g/mol. The third-order valence-corrected chi connectivity index (χ3v) is 11.9. The van der Waals surface area contributed by atoms with Gasteiger partial charge < -0.3 is 64.2 Å². The first-order chi connectivity index (χ1) is 31.1. The number of aliphatic hydroxyl groups excluding tert-OH is 7. The molecule has 14 nitrogen and oxygen atoms in total. The van der Waals surface area contributed by atoms with Gasteiger partial charge in [0.25, 0.3) is 0 Å². The molecule has 0 amide bonds. The summed E-state index contributed by atoms with van der Waals surface area (Å²) in [5, 5.41) is 72.0. The molecule has 2 aliphatic heterocycles. The molecule has 64 heavy (non-hydrogen) atoms. The van der Waals surface area contributed by atoms with Gasteiger partial charge in [0.05, 0.1) is 26.4 Å². The van der Waals surface area contributed by atoms with E-state index in [9.17, 15) is 40.5 Å². The summed E-state index contributed by atoms with van der Waals surface area (Å²) in [4.78, 5) is 12.9. The van der Waals surface area contributed by atoms with Crippen molar-refractivity contribution in [2.45, 2.75) is 242 Å². The molecule has 2 heterocycles. The average Bonchev–Trinajstić information content (AvgIpc) is 3.29. The lowest BCUT2D eigenvalue weighted by Crippen LogP contribution is -2.61. The summed E-state index contributed by atoms with van der Waals surface area (Å²) >= 11 is 0. The van der Waals surface area contributed by atoms with Crippen LogP contribution in [0.15, 0.2) is 36.5 Å². The summed E-state index contributed by atoms with van der Waals surface area (Å²) in [6.07, 6.45) is 25.0. The van der Waals surface area contributed by atoms with E-state index in [4.69, 9.17) is 28.4 Å². The first kappa shape index (κ1) is 58.3. The molecule has 0 aromatic carbocycles. The van der Waals surface area contributed by atoms with Crippen LogP contribution in [0.3, 0.4) is 0 Å². The highest BCUT2D eigenvalue weighted by Gasteiger charge is 2.47. The Morgan fingerprint density at radius 1 is 0.516 bits per heavy atom. The summed E-state index contributed by atoms with van der Waals surface area (Å²) in [5.74, 6) is -0.390. The number of ether oxygens (including phenoxy) is 6. The Hall–Kier alpha value is -1.79. The van der Waals surface area contributed by atoms with E-state index in [2.05, 4.69) is 50.3 Å². The predicted octanol–water partition coefficient (Wildman–Crippen LogP) is 7.02. The van der Waals surface area contributed by atoms with E-state index in [1.165, 1.54) is 77.0 Å². The van der Waals surface area contributed by atoms with Crippen molar-refractivity contribution < 1.29 is 69.0 Å². The Balaban J connectivity index is 1.76. The van der Waals surface area contributed by atoms with Crippen LogP contribution in [0, 0.1) is 0 Å². The first-order valence-electron chi connectivity index (χ1n) is 25.1. The van der Waals surface area contributed by atoms with E-state index < -0.39 is 80.7 Å². The number of hydrogen-bond acceptors (Lipinski definition) is 14. The van der Waals surface area contributed by atoms with Crippen molar-refractivity contribution in [3.05, 3.63) is 36.5 Å². The fourth-order valence-electron chi connectivity index (χ4n) is 7.71. The van der Waals surface area contributed by atoms with Gasteiger partial charge in [0.2, 0.25) is 0 Å². The molecule has 374 valence electrons. The van der Waals surface area contributed by atoms with Crippen LogP contribution in [-0.4, -0.2) is 142 Å². The van der Waals surface area contributed by atoms with Crippen molar-refractivity contribution in [1.82, 2.24) is 0 Å². The van der Waals surface area contributed by atoms with Crippen LogP contribution in [-0.2, 0) is 33.2 Å². The SMILES string of the molecule is CCCC/C=C\CCCCCCCC(=O)OC(COCCCCCCCCCC/C=C\C/C=C\CCCCCC)COC1OC(COC2OC(CO)C(O)C(O)C2O)C(O)C(O)C1O. The van der Waals surface area contributed by atoms with Gasteiger partial charge in [-0.2, -0.15) is 0 Å². The van der Waals surface area contributed by atoms with Crippen molar-refractivity contribution in [2.75, 3.05) is 33.0 Å². The number of allylic oxidation sites excluding steroid dienone is 6. The van der Waals surface area contributed by atoms with Gasteiger partial charge >= 0.3 is 5.97 Å². The zero-order valence-corrected chi connectivity index (χ0v) is 39.5. The summed E-state index contributed by atoms with van der Waals surface area (Å²) in [6.45, 7) is 3.60. The molecule has 2 fully saturated rings. The Labute approximate surface area is 385 Å². The largest absolute Gasteiger partial charge is 0.457 e. The molecule has 11 atom stereocenters. The lowest BCUT2D eigenvalue weighted by Gasteiger charge is -2.42. The Morgan fingerprint density at radius 3 is 1.56 bits per heavy atom. The minimum absolute atomic E-state index is 0.0545. The van der Waals surface area contributed by atoms with E-state index in [1.54, 1.807) is 0 Å². The van der Waals surface area contributed by atoms with Gasteiger partial charge in [-0.15, -0.1) is 0 Å². The number of hydrogen-bond donors (Lipinski definition) is 7. The number of aliphatic hydroxyl groups is 7. The zero-order chi connectivity index (χ0) is 46.6. The van der Waals surface area contributed by atoms with E-state index in [0.29, 0.717) is 13.0 Å². The first-order valence-corrected chi connectivity index (χ1v) is 25.1. The minimum atomic E-state index is -1.71. The van der Waals surface area contributed by atoms with Crippen LogP contribution < -0.4 is 0 Å². The molecule has 2 saturated heterocycles. The van der Waals surface area contributed by atoms with Gasteiger partial charge in [-0.1, -0.05) is 140 Å². The molecule has 2 rings (SSSR count). The summed E-state index contributed by atoms with van der Waals surface area (Å²) < 4.78 is 34.2. The van der Waals surface area contributed by atoms with E-state index in [0.717, 1.165) is 70.6 Å². The molecule has 0 radical (unpaired) electrons. The van der Waals surface area contributed by atoms with Crippen LogP contribution in [0.4, 0.5) is 0 Å². The maximum atomic E-state index is 12.9. The van der Waals surface area contributed by atoms with Gasteiger partial charge in [0, 0.05) is 13.0 Å². The summed E-state index contributed by atoms with van der Waals surface area (Å²) in [5.41, 5.74) is 0. The second kappa shape index (κ2) is 38.2. The fraction of sp³-hybridized carbons (Fsp3) is 0.860. The fourth-order valence-corrected chi connectivity index (χ4v) is 7.71. The normalized spacial score (nSPS) is 27.0. The van der Waals surface area contributed by atoms with Gasteiger partial charge in [-0.05, 0) is 64.2 Å². The van der Waals surface area contributed by atoms with Crippen LogP contribution >= 0.6 is 0 Å². The van der Waals surface area contributed by atoms with Crippen molar-refractivity contribution in [1.29, 1.82) is 0 Å². The Morgan fingerprint density at radius 2 is 0.984 bits per heavy atom. The predicted molar refractivity (Wildman–Crippen MR) is 247 cm³/mol. The van der Waals surface area contributed by atoms with Crippen molar-refractivity contribution in [3.63, 3.8) is 0 Å². The van der Waals surface area contributed by atoms with Crippen molar-refractivity contribution in [3.8, 4) is 0 Å². The second-order valence-corrected chi connectivity index (χ2v) is 17.6. The van der Waals surface area contributed by atoms with Gasteiger partial charge in [0.15, 0.2) is 12.6 Å². The molecule has 0 spiro atoms. The smallest absolute Gasteiger partial charge is 0.306 e. The van der Waals surface area contributed by atoms with Crippen LogP contribution in [0.1, 0.15) is 174 Å². The molecule has 0 aliphatic carbocycles. The molecular formula is C50H90O14. The van der Waals surface area contributed by atoms with Crippen LogP contribution in [0.5, 0.6) is 0 Å². The second-order valence-electron chi connectivity index (χ2n) is 17.6. The maximum absolute atomic E-state index is 12.9. The minimum Gasteiger partial charge on any atom is -0.457 e. The maximum Gasteiger partial charge on any atom is 0.306 e. The van der Waals surface area contributed by atoms with Gasteiger partial charge in [-0.25, -0.2) is 0 Å². The molecule has 0 aromatic heterocycles. The number of carbonyl (C=O) groups excluding carboxylic acids is 1. The number of carbonyl (C=O) groups is 1. The van der Waals surface area contributed by atoms with Crippen LogP contribution in [0.25, 0.3) is 0 Å². The van der Waals surface area contributed by atoms with E-state index in [-0.39, 0.29) is 25.6 Å². The molecule has 0 bridgehead atoms. The third-order valence-electron chi connectivity index (χ3n) is 11.9. The van der Waals surface area contributed by atoms with Crippen molar-refractivity contribution >= 4 is 5.97 Å². The molecule has 2 aliphatic rings. The molecule has 14 heteroatoms. The van der Waals surface area contributed by atoms with E-state index in [1.807, 2.05) is 0 Å². The quantitative estimate of drug-likeness (QED) is 0.0188. The van der Waals surface area contributed by atoms with Crippen LogP contribution in [0.2, 0.25) is 0 Å². The number of rotatable bonds is 39. The highest BCUT2D eigenvalue weighted by atomic mass is 16.7. The lowest BCUT2D eigenvalue weighted by atomic mass is 9.98. The summed E-state index contributed by atoms with van der Waals surface area (Å²) in [6, 6.07) is 0. The molecule has 7 N–H and O–H groups in total. The Bertz CT molecular complexity index is 1200. The van der Waals surface area contributed by atoms with E-state index >= 15 is 0 Å². The van der Waals surface area contributed by atoms with Gasteiger partial charge in [-0.3, -0.25) is 4.79 Å². The molecule has 0 aromatic rings. The van der Waals surface area contributed by atoms with Crippen molar-refractivity contribution in [2.24, 2.45) is 0 Å². The molecule has 11 unspecified atom stereocenters. The molecule has 0 saturated carbocycles.